The molecule has 0 spiro atoms. The molecule has 1 saturated heterocycles. The largest absolute Gasteiger partial charge is 0.337 e. The molecule has 2 aromatic carbocycles. The number of carbonyl (C=O) groups is 1. The number of fused-ring (bicyclic) bond motifs is 1. The maximum atomic E-state index is 14.8. The van der Waals surface area contributed by atoms with E-state index in [0.29, 0.717) is 60.0 Å². The lowest BCUT2D eigenvalue weighted by molar-refractivity contribution is -0.126. The van der Waals surface area contributed by atoms with Crippen molar-refractivity contribution in [3.8, 4) is 22.3 Å². The van der Waals surface area contributed by atoms with Crippen LogP contribution in [0.25, 0.3) is 27.8 Å². The molecule has 0 radical (unpaired) electrons. The van der Waals surface area contributed by atoms with Gasteiger partial charge in [0.25, 0.3) is 5.56 Å². The van der Waals surface area contributed by atoms with Crippen LogP contribution in [0.5, 0.6) is 0 Å². The number of hydrogen-bond acceptors (Lipinski definition) is 5. The zero-order chi connectivity index (χ0) is 25.4. The van der Waals surface area contributed by atoms with Crippen LogP contribution in [0, 0.1) is 19.7 Å². The molecule has 4 aromatic rings. The minimum atomic E-state index is -0.381. The average molecular weight is 484 g/mol. The van der Waals surface area contributed by atoms with Crippen molar-refractivity contribution in [1.82, 2.24) is 19.5 Å². The van der Waals surface area contributed by atoms with Gasteiger partial charge in [-0.1, -0.05) is 49.0 Å². The van der Waals surface area contributed by atoms with Gasteiger partial charge in [0.2, 0.25) is 11.9 Å². The number of amides is 1. The minimum absolute atomic E-state index is 0.122. The van der Waals surface area contributed by atoms with Crippen molar-refractivity contribution in [1.29, 1.82) is 0 Å². The molecular formula is C28H26FN5O2. The minimum Gasteiger partial charge on any atom is -0.337 e. The van der Waals surface area contributed by atoms with E-state index in [0.717, 1.165) is 11.1 Å². The van der Waals surface area contributed by atoms with Gasteiger partial charge in [0.15, 0.2) is 0 Å². The summed E-state index contributed by atoms with van der Waals surface area (Å²) in [7, 11) is 0. The lowest BCUT2D eigenvalue weighted by Gasteiger charge is -2.35. The van der Waals surface area contributed by atoms with Crippen molar-refractivity contribution in [3.05, 3.63) is 94.7 Å². The molecule has 182 valence electrons. The van der Waals surface area contributed by atoms with E-state index in [1.54, 1.807) is 27.6 Å². The van der Waals surface area contributed by atoms with Crippen LogP contribution < -0.4 is 10.5 Å². The summed E-state index contributed by atoms with van der Waals surface area (Å²) >= 11 is 0. The Morgan fingerprint density at radius 2 is 1.64 bits per heavy atom. The summed E-state index contributed by atoms with van der Waals surface area (Å²) in [5, 5.41) is 4.81. The van der Waals surface area contributed by atoms with E-state index < -0.39 is 0 Å². The highest BCUT2D eigenvalue weighted by molar-refractivity contribution is 5.87. The van der Waals surface area contributed by atoms with Crippen LogP contribution >= 0.6 is 0 Å². The van der Waals surface area contributed by atoms with E-state index >= 15 is 0 Å². The quantitative estimate of drug-likeness (QED) is 0.410. The Kier molecular flexibility index (Phi) is 6.10. The summed E-state index contributed by atoms with van der Waals surface area (Å²) < 4.78 is 16.4. The van der Waals surface area contributed by atoms with Crippen LogP contribution in [0.2, 0.25) is 0 Å². The van der Waals surface area contributed by atoms with Gasteiger partial charge in [-0.15, -0.1) is 0 Å². The molecule has 0 bridgehead atoms. The number of anilines is 1. The average Bonchev–Trinajstić information content (AvgIpc) is 2.89. The Balaban J connectivity index is 1.74. The first-order valence-electron chi connectivity index (χ1n) is 11.8. The first-order chi connectivity index (χ1) is 17.4. The van der Waals surface area contributed by atoms with Gasteiger partial charge < -0.3 is 9.80 Å². The predicted molar refractivity (Wildman–Crippen MR) is 139 cm³/mol. The van der Waals surface area contributed by atoms with Crippen LogP contribution in [0.3, 0.4) is 0 Å². The zero-order valence-corrected chi connectivity index (χ0v) is 20.2. The number of benzene rings is 2. The van der Waals surface area contributed by atoms with Crippen molar-refractivity contribution in [3.63, 3.8) is 0 Å². The maximum Gasteiger partial charge on any atom is 0.283 e. The summed E-state index contributed by atoms with van der Waals surface area (Å²) in [6.45, 7) is 9.27. The van der Waals surface area contributed by atoms with Gasteiger partial charge in [-0.05, 0) is 43.2 Å². The molecule has 5 rings (SSSR count). The van der Waals surface area contributed by atoms with Crippen LogP contribution in [0.15, 0.2) is 72.0 Å². The molecule has 36 heavy (non-hydrogen) atoms. The number of aryl methyl sites for hydroxylation is 2. The Bertz CT molecular complexity index is 1550. The van der Waals surface area contributed by atoms with E-state index in [2.05, 4.69) is 11.6 Å². The third kappa shape index (κ3) is 4.04. The van der Waals surface area contributed by atoms with Crippen LogP contribution in [-0.2, 0) is 4.79 Å². The van der Waals surface area contributed by atoms with Crippen LogP contribution in [0.1, 0.15) is 11.3 Å². The lowest BCUT2D eigenvalue weighted by atomic mass is 9.98. The summed E-state index contributed by atoms with van der Waals surface area (Å²) in [6.07, 6.45) is 1.31. The van der Waals surface area contributed by atoms with Crippen molar-refractivity contribution in [2.75, 3.05) is 31.1 Å². The van der Waals surface area contributed by atoms with Gasteiger partial charge >= 0.3 is 0 Å². The second-order valence-corrected chi connectivity index (χ2v) is 8.84. The lowest BCUT2D eigenvalue weighted by Crippen LogP contribution is -2.49. The first-order valence-corrected chi connectivity index (χ1v) is 11.8. The van der Waals surface area contributed by atoms with Gasteiger partial charge in [-0.25, -0.2) is 4.39 Å². The van der Waals surface area contributed by atoms with Gasteiger partial charge in [0, 0.05) is 37.3 Å². The molecule has 3 heterocycles. The molecule has 1 aliphatic heterocycles. The highest BCUT2D eigenvalue weighted by atomic mass is 19.1. The Morgan fingerprint density at radius 1 is 0.972 bits per heavy atom. The highest BCUT2D eigenvalue weighted by Crippen LogP contribution is 2.32. The first kappa shape index (κ1) is 23.4. The van der Waals surface area contributed by atoms with E-state index in [9.17, 15) is 14.0 Å². The van der Waals surface area contributed by atoms with E-state index in [1.807, 2.05) is 49.1 Å². The van der Waals surface area contributed by atoms with Gasteiger partial charge in [-0.3, -0.25) is 9.59 Å². The predicted octanol–water partition coefficient (Wildman–Crippen LogP) is 4.01. The third-order valence-corrected chi connectivity index (χ3v) is 6.64. The summed E-state index contributed by atoms with van der Waals surface area (Å²) in [5.41, 5.74) is 3.91. The summed E-state index contributed by atoms with van der Waals surface area (Å²) in [6, 6.07) is 16.0. The van der Waals surface area contributed by atoms with Crippen molar-refractivity contribution in [2.24, 2.45) is 0 Å². The number of piperazine rings is 1. The van der Waals surface area contributed by atoms with E-state index in [1.165, 1.54) is 12.1 Å². The smallest absolute Gasteiger partial charge is 0.283 e. The monoisotopic (exact) mass is 483 g/mol. The Hall–Kier alpha value is -4.33. The molecule has 1 amide bonds. The second kappa shape index (κ2) is 9.37. The molecular weight excluding hydrogens is 457 g/mol. The van der Waals surface area contributed by atoms with Crippen molar-refractivity contribution in [2.45, 2.75) is 13.8 Å². The molecule has 1 aliphatic rings. The van der Waals surface area contributed by atoms with Gasteiger partial charge in [-0.2, -0.15) is 14.6 Å². The molecule has 0 N–H and O–H groups in total. The molecule has 0 aliphatic carbocycles. The molecule has 0 saturated carbocycles. The summed E-state index contributed by atoms with van der Waals surface area (Å²) in [5.74, 6) is -0.0759. The van der Waals surface area contributed by atoms with Crippen LogP contribution in [0.4, 0.5) is 10.3 Å². The number of hydrogen-bond donors (Lipinski definition) is 0. The Morgan fingerprint density at radius 3 is 2.31 bits per heavy atom. The SMILES string of the molecule is C=CC(=O)N1CCN(c2nc(=O)c(-c3ccccc3C)c3cc(-c4ccccc4F)c(C)nn23)CC1. The fourth-order valence-corrected chi connectivity index (χ4v) is 4.71. The number of rotatable bonds is 4. The number of nitrogens with zero attached hydrogens (tertiary/aromatic N) is 5. The van der Waals surface area contributed by atoms with Gasteiger partial charge in [0.05, 0.1) is 16.8 Å². The number of carbonyl (C=O) groups excluding carboxylic acids is 1. The summed E-state index contributed by atoms with van der Waals surface area (Å²) in [4.78, 5) is 33.7. The van der Waals surface area contributed by atoms with Gasteiger partial charge in [0.1, 0.15) is 5.82 Å². The van der Waals surface area contributed by atoms with Crippen molar-refractivity contribution < 1.29 is 9.18 Å². The fraction of sp³-hybridized carbons (Fsp3) is 0.214. The molecule has 8 heteroatoms. The van der Waals surface area contributed by atoms with Crippen LogP contribution in [-0.4, -0.2) is 51.6 Å². The molecule has 0 unspecified atom stereocenters. The topological polar surface area (TPSA) is 70.8 Å². The number of halogens is 1. The molecule has 2 aromatic heterocycles. The standard InChI is InChI=1S/C28H26FN5O2/c1-4-25(35)32-13-15-33(16-14-32)28-30-27(36)26(20-10-6-5-9-18(20)2)24-17-22(19(3)31-34(24)28)21-11-7-8-12-23(21)29/h4-12,17H,1,13-16H2,2-3H3. The maximum absolute atomic E-state index is 14.8. The fourth-order valence-electron chi connectivity index (χ4n) is 4.71. The normalized spacial score (nSPS) is 13.8. The number of aromatic nitrogens is 3. The second-order valence-electron chi connectivity index (χ2n) is 8.84. The third-order valence-electron chi connectivity index (χ3n) is 6.64. The molecule has 0 atom stereocenters. The zero-order valence-electron chi connectivity index (χ0n) is 20.2. The highest BCUT2D eigenvalue weighted by Gasteiger charge is 2.25. The molecule has 1 fully saturated rings. The van der Waals surface area contributed by atoms with E-state index in [-0.39, 0.29) is 17.3 Å². The van der Waals surface area contributed by atoms with Crippen molar-refractivity contribution >= 4 is 17.4 Å². The Labute approximate surface area is 208 Å². The van der Waals surface area contributed by atoms with E-state index in [4.69, 9.17) is 5.10 Å². The molecule has 7 nitrogen and oxygen atoms in total.